The molecule has 0 aliphatic carbocycles. The van der Waals surface area contributed by atoms with E-state index >= 15 is 0 Å². The van der Waals surface area contributed by atoms with Crippen molar-refractivity contribution in [2.45, 2.75) is 0 Å². The Morgan fingerprint density at radius 1 is 0.846 bits per heavy atom. The van der Waals surface area contributed by atoms with Crippen LogP contribution < -0.4 is 0 Å². The van der Waals surface area contributed by atoms with Gasteiger partial charge in [-0.25, -0.2) is 4.99 Å². The molecule has 3 rings (SSSR count). The van der Waals surface area contributed by atoms with E-state index in [2.05, 4.69) is 20.9 Å². The number of para-hydroxylation sites is 1. The minimum absolute atomic E-state index is 0.0381. The van der Waals surface area contributed by atoms with Crippen molar-refractivity contribution < 1.29 is 9.72 Å². The summed E-state index contributed by atoms with van der Waals surface area (Å²) in [6, 6.07) is 21.9. The Bertz CT molecular complexity index is 966. The van der Waals surface area contributed by atoms with Gasteiger partial charge in [-0.3, -0.25) is 14.9 Å². The first-order chi connectivity index (χ1) is 12.5. The number of benzene rings is 3. The number of nitro benzene ring substituents is 1. The predicted octanol–water partition coefficient (Wildman–Crippen LogP) is 5.36. The van der Waals surface area contributed by atoms with Crippen LogP contribution in [-0.2, 0) is 0 Å². The Morgan fingerprint density at radius 2 is 1.42 bits per heavy atom. The van der Waals surface area contributed by atoms with Gasteiger partial charge in [-0.05, 0) is 48.5 Å². The van der Waals surface area contributed by atoms with Gasteiger partial charge in [0.15, 0.2) is 0 Å². The summed E-state index contributed by atoms with van der Waals surface area (Å²) in [5, 5.41) is 10.9. The van der Waals surface area contributed by atoms with Crippen LogP contribution in [0.3, 0.4) is 0 Å². The fourth-order valence-electron chi connectivity index (χ4n) is 2.36. The number of hydrogen-bond donors (Lipinski definition) is 0. The van der Waals surface area contributed by atoms with Gasteiger partial charge in [0.1, 0.15) is 5.71 Å². The predicted molar refractivity (Wildman–Crippen MR) is 104 cm³/mol. The number of ketones is 1. The van der Waals surface area contributed by atoms with E-state index in [4.69, 9.17) is 0 Å². The van der Waals surface area contributed by atoms with Crippen LogP contribution in [0, 0.1) is 10.1 Å². The highest BCUT2D eigenvalue weighted by molar-refractivity contribution is 9.10. The molecule has 0 unspecified atom stereocenters. The largest absolute Gasteiger partial charge is 0.287 e. The average Bonchev–Trinajstić information content (AvgIpc) is 2.67. The third-order valence-electron chi connectivity index (χ3n) is 3.67. The molecular formula is C20H13BrN2O3. The lowest BCUT2D eigenvalue weighted by Gasteiger charge is -2.07. The summed E-state index contributed by atoms with van der Waals surface area (Å²) in [5.41, 5.74) is 1.83. The molecule has 3 aromatic rings. The summed E-state index contributed by atoms with van der Waals surface area (Å²) in [5.74, 6) is -0.254. The molecule has 5 nitrogen and oxygen atoms in total. The van der Waals surface area contributed by atoms with Crippen LogP contribution in [0.15, 0.2) is 88.3 Å². The highest BCUT2D eigenvalue weighted by Gasteiger charge is 2.18. The molecule has 0 aliphatic heterocycles. The van der Waals surface area contributed by atoms with E-state index in [1.54, 1.807) is 36.4 Å². The van der Waals surface area contributed by atoms with E-state index in [-0.39, 0.29) is 17.2 Å². The first-order valence-electron chi connectivity index (χ1n) is 7.73. The normalized spacial score (nSPS) is 11.2. The molecular weight excluding hydrogens is 396 g/mol. The van der Waals surface area contributed by atoms with Crippen molar-refractivity contribution in [1.82, 2.24) is 0 Å². The molecule has 128 valence electrons. The van der Waals surface area contributed by atoms with Crippen molar-refractivity contribution in [3.8, 4) is 0 Å². The van der Waals surface area contributed by atoms with Crippen LogP contribution in [0.5, 0.6) is 0 Å². The van der Waals surface area contributed by atoms with Gasteiger partial charge >= 0.3 is 0 Å². The van der Waals surface area contributed by atoms with Crippen LogP contribution in [0.4, 0.5) is 11.4 Å². The van der Waals surface area contributed by atoms with E-state index in [0.29, 0.717) is 16.8 Å². The SMILES string of the molecule is O=C(C(=Nc1ccccc1)c1ccc([N+](=O)[O-])cc1)c1ccc(Br)cc1. The van der Waals surface area contributed by atoms with Gasteiger partial charge in [-0.2, -0.15) is 0 Å². The quantitative estimate of drug-likeness (QED) is 0.246. The molecule has 0 radical (unpaired) electrons. The fraction of sp³-hybridized carbons (Fsp3) is 0. The molecule has 0 aromatic heterocycles. The highest BCUT2D eigenvalue weighted by atomic mass is 79.9. The van der Waals surface area contributed by atoms with Crippen molar-refractivity contribution in [3.05, 3.63) is 105 Å². The van der Waals surface area contributed by atoms with E-state index in [0.717, 1.165) is 4.47 Å². The van der Waals surface area contributed by atoms with Gasteiger partial charge in [0, 0.05) is 27.7 Å². The molecule has 0 saturated carbocycles. The molecule has 0 heterocycles. The Morgan fingerprint density at radius 3 is 2.00 bits per heavy atom. The van der Waals surface area contributed by atoms with Crippen molar-refractivity contribution in [3.63, 3.8) is 0 Å². The average molecular weight is 409 g/mol. The maximum atomic E-state index is 13.0. The Balaban J connectivity index is 2.07. The number of nitro groups is 1. The lowest BCUT2D eigenvalue weighted by molar-refractivity contribution is -0.384. The molecule has 0 fully saturated rings. The standard InChI is InChI=1S/C20H13BrN2O3/c21-16-10-6-15(7-11-16)20(24)19(22-17-4-2-1-3-5-17)14-8-12-18(13-9-14)23(25)26/h1-13H. The van der Waals surface area contributed by atoms with Crippen LogP contribution in [0.1, 0.15) is 15.9 Å². The van der Waals surface area contributed by atoms with Crippen molar-refractivity contribution >= 4 is 38.8 Å². The maximum absolute atomic E-state index is 13.0. The number of nitrogens with zero attached hydrogens (tertiary/aromatic N) is 2. The molecule has 0 spiro atoms. The number of Topliss-reactive ketones (excluding diaryl/α,β-unsaturated/α-hetero) is 1. The smallest absolute Gasteiger partial charge is 0.269 e. The molecule has 0 bridgehead atoms. The van der Waals surface area contributed by atoms with Gasteiger partial charge in [-0.15, -0.1) is 0 Å². The summed E-state index contributed by atoms with van der Waals surface area (Å²) >= 11 is 3.35. The zero-order valence-corrected chi connectivity index (χ0v) is 15.1. The summed E-state index contributed by atoms with van der Waals surface area (Å²) in [7, 11) is 0. The van der Waals surface area contributed by atoms with E-state index in [1.807, 2.05) is 18.2 Å². The maximum Gasteiger partial charge on any atom is 0.269 e. The highest BCUT2D eigenvalue weighted by Crippen LogP contribution is 2.20. The van der Waals surface area contributed by atoms with Crippen molar-refractivity contribution in [1.29, 1.82) is 0 Å². The zero-order valence-electron chi connectivity index (χ0n) is 13.5. The lowest BCUT2D eigenvalue weighted by Crippen LogP contribution is -2.15. The van der Waals surface area contributed by atoms with E-state index < -0.39 is 4.92 Å². The van der Waals surface area contributed by atoms with E-state index in [1.165, 1.54) is 24.3 Å². The Hall–Kier alpha value is -3.12. The minimum Gasteiger partial charge on any atom is -0.287 e. The van der Waals surface area contributed by atoms with Crippen LogP contribution in [-0.4, -0.2) is 16.4 Å². The Labute approximate surface area is 158 Å². The molecule has 26 heavy (non-hydrogen) atoms. The first kappa shape index (κ1) is 17.7. The molecule has 6 heteroatoms. The number of hydrogen-bond acceptors (Lipinski definition) is 4. The molecule has 0 saturated heterocycles. The molecule has 0 aliphatic rings. The van der Waals surface area contributed by atoms with Gasteiger partial charge in [0.25, 0.3) is 5.69 Å². The van der Waals surface area contributed by atoms with Gasteiger partial charge in [0.2, 0.25) is 5.78 Å². The molecule has 0 amide bonds. The van der Waals surface area contributed by atoms with Gasteiger partial charge in [-0.1, -0.05) is 34.1 Å². The number of carbonyl (C=O) groups is 1. The zero-order chi connectivity index (χ0) is 18.5. The summed E-state index contributed by atoms with van der Waals surface area (Å²) < 4.78 is 0.867. The van der Waals surface area contributed by atoms with E-state index in [9.17, 15) is 14.9 Å². The number of aliphatic imine (C=N–C) groups is 1. The van der Waals surface area contributed by atoms with Crippen molar-refractivity contribution in [2.75, 3.05) is 0 Å². The topological polar surface area (TPSA) is 72.6 Å². The van der Waals surface area contributed by atoms with Crippen LogP contribution in [0.25, 0.3) is 0 Å². The molecule has 3 aromatic carbocycles. The van der Waals surface area contributed by atoms with Gasteiger partial charge in [0.05, 0.1) is 10.6 Å². The summed E-state index contributed by atoms with van der Waals surface area (Å²) in [6.45, 7) is 0. The number of non-ortho nitro benzene ring substituents is 1. The van der Waals surface area contributed by atoms with Crippen LogP contribution >= 0.6 is 15.9 Å². The third-order valence-corrected chi connectivity index (χ3v) is 4.20. The summed E-state index contributed by atoms with van der Waals surface area (Å²) in [4.78, 5) is 27.9. The lowest BCUT2D eigenvalue weighted by atomic mass is 10.00. The number of halogens is 1. The van der Waals surface area contributed by atoms with Gasteiger partial charge < -0.3 is 0 Å². The minimum atomic E-state index is -0.478. The summed E-state index contributed by atoms with van der Waals surface area (Å²) in [6.07, 6.45) is 0. The molecule has 0 N–H and O–H groups in total. The second-order valence-corrected chi connectivity index (χ2v) is 6.35. The fourth-order valence-corrected chi connectivity index (χ4v) is 2.62. The second kappa shape index (κ2) is 7.84. The van der Waals surface area contributed by atoms with Crippen LogP contribution in [0.2, 0.25) is 0 Å². The number of rotatable bonds is 5. The third kappa shape index (κ3) is 4.10. The van der Waals surface area contributed by atoms with Crippen molar-refractivity contribution in [2.24, 2.45) is 4.99 Å². The monoisotopic (exact) mass is 408 g/mol. The first-order valence-corrected chi connectivity index (χ1v) is 8.53. The second-order valence-electron chi connectivity index (χ2n) is 5.44. The number of carbonyl (C=O) groups excluding carboxylic acids is 1. The molecule has 0 atom stereocenters. The Kier molecular flexibility index (Phi) is 5.34.